The SMILES string of the molecule is O=C(O)c1ccc(C[C@@H](NC(=O)c2cnc3ccccc3c2)C(=O)O)cc1. The van der Waals surface area contributed by atoms with E-state index >= 15 is 0 Å². The minimum Gasteiger partial charge on any atom is -0.480 e. The molecule has 0 aliphatic carbocycles. The normalized spacial score (nSPS) is 11.7. The van der Waals surface area contributed by atoms with E-state index in [9.17, 15) is 19.5 Å². The number of fused-ring (bicyclic) bond motifs is 1. The molecule has 0 unspecified atom stereocenters. The second-order valence-corrected chi connectivity index (χ2v) is 5.99. The van der Waals surface area contributed by atoms with Crippen molar-refractivity contribution in [1.82, 2.24) is 10.3 Å². The Morgan fingerprint density at radius 3 is 2.33 bits per heavy atom. The fraction of sp³-hybridized carbons (Fsp3) is 0.100. The third kappa shape index (κ3) is 4.27. The minimum absolute atomic E-state index is 0.0297. The number of carboxylic acid groups (broad SMARTS) is 2. The van der Waals surface area contributed by atoms with Gasteiger partial charge >= 0.3 is 11.9 Å². The standard InChI is InChI=1S/C20H16N2O5/c23-18(15-10-14-3-1-2-4-16(14)21-11-15)22-17(20(26)27)9-12-5-7-13(8-6-12)19(24)25/h1-8,10-11,17H,9H2,(H,22,23)(H,24,25)(H,26,27)/t17-/m1/s1. The largest absolute Gasteiger partial charge is 0.480 e. The van der Waals surface area contributed by atoms with E-state index < -0.39 is 23.9 Å². The predicted octanol–water partition coefficient (Wildman–Crippen LogP) is 2.36. The fourth-order valence-corrected chi connectivity index (χ4v) is 2.66. The van der Waals surface area contributed by atoms with Gasteiger partial charge in [0.05, 0.1) is 16.6 Å². The smallest absolute Gasteiger partial charge is 0.335 e. The van der Waals surface area contributed by atoms with Crippen molar-refractivity contribution in [2.45, 2.75) is 12.5 Å². The van der Waals surface area contributed by atoms with Crippen molar-refractivity contribution in [3.8, 4) is 0 Å². The lowest BCUT2D eigenvalue weighted by molar-refractivity contribution is -0.139. The number of nitrogens with zero attached hydrogens (tertiary/aromatic N) is 1. The Labute approximate surface area is 154 Å². The molecule has 0 bridgehead atoms. The number of aliphatic carboxylic acids is 1. The maximum Gasteiger partial charge on any atom is 0.335 e. The van der Waals surface area contributed by atoms with Crippen LogP contribution in [-0.4, -0.2) is 39.1 Å². The molecule has 1 aromatic heterocycles. The summed E-state index contributed by atoms with van der Waals surface area (Å²) in [5.74, 6) is -2.78. The Kier molecular flexibility index (Phi) is 5.12. The molecule has 3 rings (SSSR count). The summed E-state index contributed by atoms with van der Waals surface area (Å²) in [6.07, 6.45) is 1.43. The third-order valence-corrected chi connectivity index (χ3v) is 4.10. The number of benzene rings is 2. The van der Waals surface area contributed by atoms with Crippen LogP contribution in [0.25, 0.3) is 10.9 Å². The van der Waals surface area contributed by atoms with Gasteiger partial charge in [0.2, 0.25) is 0 Å². The molecule has 1 amide bonds. The second-order valence-electron chi connectivity index (χ2n) is 5.99. The summed E-state index contributed by atoms with van der Waals surface area (Å²) in [6.45, 7) is 0. The Hall–Kier alpha value is -3.74. The zero-order valence-electron chi connectivity index (χ0n) is 14.1. The summed E-state index contributed by atoms with van der Waals surface area (Å²) in [7, 11) is 0. The van der Waals surface area contributed by atoms with Crippen LogP contribution in [0, 0.1) is 0 Å². The highest BCUT2D eigenvalue weighted by molar-refractivity contribution is 5.99. The van der Waals surface area contributed by atoms with Crippen LogP contribution in [0.15, 0.2) is 60.8 Å². The summed E-state index contributed by atoms with van der Waals surface area (Å²) in [6, 6.07) is 13.6. The summed E-state index contributed by atoms with van der Waals surface area (Å²) in [5.41, 5.74) is 1.71. The lowest BCUT2D eigenvalue weighted by Crippen LogP contribution is -2.42. The molecule has 3 aromatic rings. The number of pyridine rings is 1. The zero-order chi connectivity index (χ0) is 19.4. The molecule has 0 aliphatic heterocycles. The first kappa shape index (κ1) is 18.1. The number of rotatable bonds is 6. The van der Waals surface area contributed by atoms with Crippen molar-refractivity contribution in [2.75, 3.05) is 0 Å². The molecule has 0 saturated carbocycles. The van der Waals surface area contributed by atoms with E-state index in [1.165, 1.54) is 30.5 Å². The highest BCUT2D eigenvalue weighted by Crippen LogP contribution is 2.13. The van der Waals surface area contributed by atoms with Crippen molar-refractivity contribution in [2.24, 2.45) is 0 Å². The van der Waals surface area contributed by atoms with Crippen LogP contribution in [0.1, 0.15) is 26.3 Å². The topological polar surface area (TPSA) is 117 Å². The van der Waals surface area contributed by atoms with Gasteiger partial charge in [0.1, 0.15) is 6.04 Å². The second kappa shape index (κ2) is 7.65. The summed E-state index contributed by atoms with van der Waals surface area (Å²) < 4.78 is 0. The summed E-state index contributed by atoms with van der Waals surface area (Å²) in [4.78, 5) is 39.1. The first-order chi connectivity index (χ1) is 12.9. The number of hydrogen-bond acceptors (Lipinski definition) is 4. The molecule has 1 heterocycles. The van der Waals surface area contributed by atoms with E-state index in [1.54, 1.807) is 6.07 Å². The first-order valence-electron chi connectivity index (χ1n) is 8.15. The van der Waals surface area contributed by atoms with Crippen molar-refractivity contribution in [3.05, 3.63) is 77.5 Å². The lowest BCUT2D eigenvalue weighted by Gasteiger charge is -2.15. The van der Waals surface area contributed by atoms with Gasteiger partial charge in [0.25, 0.3) is 5.91 Å². The average Bonchev–Trinajstić information content (AvgIpc) is 2.67. The molecular weight excluding hydrogens is 348 g/mol. The van der Waals surface area contributed by atoms with E-state index in [0.717, 1.165) is 10.9 Å². The van der Waals surface area contributed by atoms with Crippen LogP contribution in [0.2, 0.25) is 0 Å². The van der Waals surface area contributed by atoms with Crippen molar-refractivity contribution < 1.29 is 24.6 Å². The zero-order valence-corrected chi connectivity index (χ0v) is 14.1. The average molecular weight is 364 g/mol. The molecule has 0 fully saturated rings. The van der Waals surface area contributed by atoms with Gasteiger partial charge in [-0.2, -0.15) is 0 Å². The van der Waals surface area contributed by atoms with E-state index in [0.29, 0.717) is 5.56 Å². The van der Waals surface area contributed by atoms with E-state index in [4.69, 9.17) is 5.11 Å². The number of carbonyl (C=O) groups excluding carboxylic acids is 1. The monoisotopic (exact) mass is 364 g/mol. The fourth-order valence-electron chi connectivity index (χ4n) is 2.66. The van der Waals surface area contributed by atoms with Crippen LogP contribution < -0.4 is 5.32 Å². The molecule has 27 heavy (non-hydrogen) atoms. The van der Waals surface area contributed by atoms with Gasteiger partial charge in [0, 0.05) is 18.0 Å². The number of aromatic nitrogens is 1. The van der Waals surface area contributed by atoms with Crippen molar-refractivity contribution in [3.63, 3.8) is 0 Å². The van der Waals surface area contributed by atoms with Crippen molar-refractivity contribution in [1.29, 1.82) is 0 Å². The molecule has 7 heteroatoms. The Morgan fingerprint density at radius 1 is 0.963 bits per heavy atom. The van der Waals surface area contributed by atoms with Gasteiger partial charge in [-0.1, -0.05) is 30.3 Å². The van der Waals surface area contributed by atoms with Gasteiger partial charge in [0.15, 0.2) is 0 Å². The number of carboxylic acids is 2. The number of nitrogens with one attached hydrogen (secondary N) is 1. The van der Waals surface area contributed by atoms with Gasteiger partial charge in [-0.25, -0.2) is 9.59 Å². The quantitative estimate of drug-likeness (QED) is 0.618. The number of carbonyl (C=O) groups is 3. The molecular formula is C20H16N2O5. The van der Waals surface area contributed by atoms with Crippen molar-refractivity contribution >= 4 is 28.7 Å². The van der Waals surface area contributed by atoms with Crippen LogP contribution in [0.3, 0.4) is 0 Å². The first-order valence-corrected chi connectivity index (χ1v) is 8.15. The molecule has 0 spiro atoms. The highest BCUT2D eigenvalue weighted by Gasteiger charge is 2.21. The minimum atomic E-state index is -1.18. The van der Waals surface area contributed by atoms with E-state index in [1.807, 2.05) is 24.3 Å². The maximum atomic E-state index is 12.4. The van der Waals surface area contributed by atoms with Gasteiger partial charge in [-0.15, -0.1) is 0 Å². The number of hydrogen-bond donors (Lipinski definition) is 3. The molecule has 2 aromatic carbocycles. The summed E-state index contributed by atoms with van der Waals surface area (Å²) in [5, 5.41) is 21.6. The molecule has 7 nitrogen and oxygen atoms in total. The van der Waals surface area contributed by atoms with Gasteiger partial charge in [-0.3, -0.25) is 9.78 Å². The molecule has 136 valence electrons. The molecule has 0 radical (unpaired) electrons. The van der Waals surface area contributed by atoms with E-state index in [-0.39, 0.29) is 17.5 Å². The molecule has 1 atom stereocenters. The van der Waals surface area contributed by atoms with Crippen LogP contribution in [0.5, 0.6) is 0 Å². The van der Waals surface area contributed by atoms with Crippen LogP contribution in [-0.2, 0) is 11.2 Å². The highest BCUT2D eigenvalue weighted by atomic mass is 16.4. The molecule has 0 saturated heterocycles. The maximum absolute atomic E-state index is 12.4. The van der Waals surface area contributed by atoms with E-state index in [2.05, 4.69) is 10.3 Å². The van der Waals surface area contributed by atoms with Gasteiger partial charge < -0.3 is 15.5 Å². The number of aromatic carboxylic acids is 1. The molecule has 0 aliphatic rings. The summed E-state index contributed by atoms with van der Waals surface area (Å²) >= 11 is 0. The molecule has 3 N–H and O–H groups in total. The van der Waals surface area contributed by atoms with Gasteiger partial charge in [-0.05, 0) is 29.8 Å². The Bertz CT molecular complexity index is 1010. The van der Waals surface area contributed by atoms with Crippen LogP contribution in [0.4, 0.5) is 0 Å². The van der Waals surface area contributed by atoms with Crippen LogP contribution >= 0.6 is 0 Å². The number of amides is 1. The Balaban J connectivity index is 1.75. The predicted molar refractivity (Wildman–Crippen MR) is 97.7 cm³/mol. The lowest BCUT2D eigenvalue weighted by atomic mass is 10.0. The Morgan fingerprint density at radius 2 is 1.67 bits per heavy atom. The third-order valence-electron chi connectivity index (χ3n) is 4.10. The number of para-hydroxylation sites is 1.